The van der Waals surface area contributed by atoms with Crippen LogP contribution in [0.15, 0.2) is 0 Å². The summed E-state index contributed by atoms with van der Waals surface area (Å²) in [7, 11) is 0. The Balaban J connectivity index is 1.97. The summed E-state index contributed by atoms with van der Waals surface area (Å²) in [6, 6.07) is 0.994. The van der Waals surface area contributed by atoms with Crippen LogP contribution in [0.5, 0.6) is 0 Å². The normalized spacial score (nSPS) is 42.4. The molecule has 1 amide bonds. The van der Waals surface area contributed by atoms with Gasteiger partial charge in [-0.1, -0.05) is 6.92 Å². The van der Waals surface area contributed by atoms with Gasteiger partial charge in [0, 0.05) is 12.1 Å². The van der Waals surface area contributed by atoms with Crippen molar-refractivity contribution in [2.75, 3.05) is 6.54 Å². The highest BCUT2D eigenvalue weighted by Gasteiger charge is 2.47. The summed E-state index contributed by atoms with van der Waals surface area (Å²) >= 11 is 0. The average molecular weight is 196 g/mol. The molecular formula is C11H20N2O. The summed E-state index contributed by atoms with van der Waals surface area (Å²) in [5.41, 5.74) is 0. The quantitative estimate of drug-likeness (QED) is 0.634. The molecule has 0 spiro atoms. The zero-order valence-electron chi connectivity index (χ0n) is 9.29. The third-order valence-electron chi connectivity index (χ3n) is 3.78. The Labute approximate surface area is 85.8 Å². The van der Waals surface area contributed by atoms with Gasteiger partial charge in [0.15, 0.2) is 0 Å². The van der Waals surface area contributed by atoms with Crippen molar-refractivity contribution >= 4 is 5.91 Å². The minimum absolute atomic E-state index is 0.0798. The molecule has 0 radical (unpaired) electrons. The van der Waals surface area contributed by atoms with Gasteiger partial charge in [-0.2, -0.15) is 0 Å². The molecule has 80 valence electrons. The third-order valence-corrected chi connectivity index (χ3v) is 3.78. The molecule has 2 unspecified atom stereocenters. The van der Waals surface area contributed by atoms with Gasteiger partial charge in [0.1, 0.15) is 0 Å². The Bertz CT molecular complexity index is 233. The van der Waals surface area contributed by atoms with Gasteiger partial charge >= 0.3 is 0 Å². The molecule has 1 N–H and O–H groups in total. The molecule has 2 saturated heterocycles. The molecular weight excluding hydrogens is 176 g/mol. The number of piperidine rings is 1. The summed E-state index contributed by atoms with van der Waals surface area (Å²) < 4.78 is 0. The smallest absolute Gasteiger partial charge is 0.240 e. The maximum Gasteiger partial charge on any atom is 0.240 e. The molecule has 2 aliphatic rings. The zero-order chi connectivity index (χ0) is 10.3. The van der Waals surface area contributed by atoms with E-state index in [1.165, 1.54) is 12.8 Å². The summed E-state index contributed by atoms with van der Waals surface area (Å²) in [5, 5.41) is 3.34. The maximum absolute atomic E-state index is 12.1. The van der Waals surface area contributed by atoms with Gasteiger partial charge in [-0.05, 0) is 39.2 Å². The van der Waals surface area contributed by atoms with Crippen LogP contribution in [0, 0.1) is 5.92 Å². The van der Waals surface area contributed by atoms with E-state index in [4.69, 9.17) is 0 Å². The van der Waals surface area contributed by atoms with Crippen LogP contribution in [0.25, 0.3) is 0 Å². The van der Waals surface area contributed by atoms with Crippen molar-refractivity contribution in [2.45, 2.75) is 51.7 Å². The van der Waals surface area contributed by atoms with Gasteiger partial charge in [-0.15, -0.1) is 0 Å². The minimum Gasteiger partial charge on any atom is -0.332 e. The van der Waals surface area contributed by atoms with Gasteiger partial charge in [0.05, 0.1) is 6.04 Å². The van der Waals surface area contributed by atoms with Crippen molar-refractivity contribution in [3.63, 3.8) is 0 Å². The number of nitrogens with one attached hydrogen (secondary N) is 1. The lowest BCUT2D eigenvalue weighted by Gasteiger charge is -2.29. The largest absolute Gasteiger partial charge is 0.332 e. The van der Waals surface area contributed by atoms with Crippen molar-refractivity contribution in [1.82, 2.24) is 10.2 Å². The van der Waals surface area contributed by atoms with E-state index in [1.54, 1.807) is 0 Å². The molecule has 0 aromatic carbocycles. The fraction of sp³-hybridized carbons (Fsp3) is 0.909. The van der Waals surface area contributed by atoms with Crippen molar-refractivity contribution in [1.29, 1.82) is 0 Å². The summed E-state index contributed by atoms with van der Waals surface area (Å²) in [6.07, 6.45) is 2.38. The molecule has 3 heteroatoms. The first-order valence-corrected chi connectivity index (χ1v) is 5.68. The molecule has 14 heavy (non-hydrogen) atoms. The Kier molecular flexibility index (Phi) is 2.52. The molecule has 0 aromatic heterocycles. The Hall–Kier alpha value is -0.570. The van der Waals surface area contributed by atoms with E-state index in [0.29, 0.717) is 23.9 Å². The van der Waals surface area contributed by atoms with E-state index in [1.807, 2.05) is 4.90 Å². The first kappa shape index (κ1) is 9.97. The molecule has 0 saturated carbocycles. The lowest BCUT2D eigenvalue weighted by molar-refractivity contribution is -0.130. The minimum atomic E-state index is 0.0798. The summed E-state index contributed by atoms with van der Waals surface area (Å²) in [4.78, 5) is 14.1. The van der Waals surface area contributed by atoms with Gasteiger partial charge in [0.25, 0.3) is 0 Å². The molecule has 2 aliphatic heterocycles. The van der Waals surface area contributed by atoms with E-state index in [-0.39, 0.29) is 6.04 Å². The van der Waals surface area contributed by atoms with E-state index >= 15 is 0 Å². The van der Waals surface area contributed by atoms with Crippen LogP contribution in [0.4, 0.5) is 0 Å². The van der Waals surface area contributed by atoms with Crippen LogP contribution in [0.2, 0.25) is 0 Å². The number of hydrogen-bond donors (Lipinski definition) is 1. The monoisotopic (exact) mass is 196 g/mol. The number of amides is 1. The molecule has 0 aliphatic carbocycles. The SMILES string of the molecule is CC1C(C)N1C(=O)[C@@H]1NCCC[C@H]1C. The molecule has 4 atom stereocenters. The Morgan fingerprint density at radius 3 is 2.43 bits per heavy atom. The predicted octanol–water partition coefficient (Wildman–Crippen LogP) is 0.994. The Morgan fingerprint density at radius 1 is 1.29 bits per heavy atom. The van der Waals surface area contributed by atoms with Crippen molar-refractivity contribution in [3.8, 4) is 0 Å². The number of carbonyl (C=O) groups is 1. The van der Waals surface area contributed by atoms with E-state index < -0.39 is 0 Å². The second-order valence-corrected chi connectivity index (χ2v) is 4.78. The van der Waals surface area contributed by atoms with Crippen molar-refractivity contribution < 1.29 is 4.79 Å². The lowest BCUT2D eigenvalue weighted by atomic mass is 9.92. The number of nitrogens with zero attached hydrogens (tertiary/aromatic N) is 1. The van der Waals surface area contributed by atoms with Crippen molar-refractivity contribution in [2.24, 2.45) is 5.92 Å². The first-order chi connectivity index (χ1) is 6.63. The van der Waals surface area contributed by atoms with E-state index in [2.05, 4.69) is 26.1 Å². The molecule has 0 bridgehead atoms. The van der Waals surface area contributed by atoms with Gasteiger partial charge in [-0.25, -0.2) is 0 Å². The maximum atomic E-state index is 12.1. The van der Waals surface area contributed by atoms with E-state index in [0.717, 1.165) is 6.54 Å². The fourth-order valence-electron chi connectivity index (χ4n) is 2.45. The second kappa shape index (κ2) is 3.54. The van der Waals surface area contributed by atoms with Crippen LogP contribution < -0.4 is 5.32 Å². The lowest BCUT2D eigenvalue weighted by Crippen LogP contribution is -2.48. The van der Waals surface area contributed by atoms with E-state index in [9.17, 15) is 4.79 Å². The van der Waals surface area contributed by atoms with Gasteiger partial charge < -0.3 is 10.2 Å². The second-order valence-electron chi connectivity index (χ2n) is 4.78. The first-order valence-electron chi connectivity index (χ1n) is 5.68. The van der Waals surface area contributed by atoms with Crippen LogP contribution >= 0.6 is 0 Å². The van der Waals surface area contributed by atoms with Crippen LogP contribution in [0.3, 0.4) is 0 Å². The highest BCUT2D eigenvalue weighted by atomic mass is 16.2. The summed E-state index contributed by atoms with van der Waals surface area (Å²) in [6.45, 7) is 7.41. The standard InChI is InChI=1S/C11H20N2O/c1-7-5-4-6-12-10(7)11(14)13-8(2)9(13)3/h7-10,12H,4-6H2,1-3H3/t7-,8?,9?,10-,13?/m1/s1. The number of rotatable bonds is 1. The average Bonchev–Trinajstić information content (AvgIpc) is 2.75. The number of carbonyl (C=O) groups excluding carboxylic acids is 1. The van der Waals surface area contributed by atoms with Crippen LogP contribution in [-0.2, 0) is 4.79 Å². The van der Waals surface area contributed by atoms with Gasteiger partial charge in [0.2, 0.25) is 5.91 Å². The highest BCUT2D eigenvalue weighted by molar-refractivity contribution is 5.85. The molecule has 3 nitrogen and oxygen atoms in total. The number of hydrogen-bond acceptors (Lipinski definition) is 2. The molecule has 0 aromatic rings. The Morgan fingerprint density at radius 2 is 1.93 bits per heavy atom. The summed E-state index contributed by atoms with van der Waals surface area (Å²) in [5.74, 6) is 0.813. The molecule has 2 rings (SSSR count). The third kappa shape index (κ3) is 1.54. The topological polar surface area (TPSA) is 32.1 Å². The highest BCUT2D eigenvalue weighted by Crippen LogP contribution is 2.30. The van der Waals surface area contributed by atoms with Gasteiger partial charge in [-0.3, -0.25) is 4.79 Å². The molecule has 2 fully saturated rings. The van der Waals surface area contributed by atoms with Crippen molar-refractivity contribution in [3.05, 3.63) is 0 Å². The zero-order valence-corrected chi connectivity index (χ0v) is 9.29. The van der Waals surface area contributed by atoms with Crippen LogP contribution in [-0.4, -0.2) is 35.5 Å². The molecule has 2 heterocycles. The predicted molar refractivity (Wildman–Crippen MR) is 56.0 cm³/mol. The van der Waals surface area contributed by atoms with Crippen LogP contribution in [0.1, 0.15) is 33.6 Å². The fourth-order valence-corrected chi connectivity index (χ4v) is 2.45.